The molecule has 2 rings (SSSR count). The Balaban J connectivity index is 1.99. The second-order valence-electron chi connectivity index (χ2n) is 5.84. The van der Waals surface area contributed by atoms with E-state index < -0.39 is 11.7 Å². The fourth-order valence-electron chi connectivity index (χ4n) is 2.70. The summed E-state index contributed by atoms with van der Waals surface area (Å²) in [6.07, 6.45) is -1.14. The van der Waals surface area contributed by atoms with Crippen LogP contribution < -0.4 is 5.32 Å². The van der Waals surface area contributed by atoms with E-state index in [2.05, 4.69) is 19.2 Å². The Bertz CT molecular complexity index is 424. The van der Waals surface area contributed by atoms with E-state index in [9.17, 15) is 13.2 Å². The molecule has 3 atom stereocenters. The van der Waals surface area contributed by atoms with Crippen molar-refractivity contribution in [3.8, 4) is 0 Å². The molecule has 0 radical (unpaired) electrons. The SMILES string of the molecule is CCCNC(Cc1ccc(C(F)(F)F)cc1)C1CC1C. The van der Waals surface area contributed by atoms with Crippen molar-refractivity contribution in [2.24, 2.45) is 11.8 Å². The molecular formula is C16H22F3N. The van der Waals surface area contributed by atoms with E-state index >= 15 is 0 Å². The molecule has 0 spiro atoms. The van der Waals surface area contributed by atoms with E-state index in [1.165, 1.54) is 18.6 Å². The third-order valence-corrected chi connectivity index (χ3v) is 4.08. The minimum atomic E-state index is -4.25. The summed E-state index contributed by atoms with van der Waals surface area (Å²) in [5.41, 5.74) is 0.407. The lowest BCUT2D eigenvalue weighted by Gasteiger charge is -2.19. The largest absolute Gasteiger partial charge is 0.416 e. The molecule has 1 nitrogen and oxygen atoms in total. The molecule has 112 valence electrons. The molecule has 1 fully saturated rings. The summed E-state index contributed by atoms with van der Waals surface area (Å²) in [5.74, 6) is 1.41. The fourth-order valence-corrected chi connectivity index (χ4v) is 2.70. The van der Waals surface area contributed by atoms with Gasteiger partial charge in [0.2, 0.25) is 0 Å². The number of nitrogens with one attached hydrogen (secondary N) is 1. The van der Waals surface area contributed by atoms with Crippen molar-refractivity contribution in [1.29, 1.82) is 0 Å². The first-order chi connectivity index (χ1) is 9.41. The van der Waals surface area contributed by atoms with Crippen LogP contribution in [-0.2, 0) is 12.6 Å². The molecule has 20 heavy (non-hydrogen) atoms. The van der Waals surface area contributed by atoms with Gasteiger partial charge in [-0.1, -0.05) is 26.0 Å². The zero-order valence-electron chi connectivity index (χ0n) is 12.0. The van der Waals surface area contributed by atoms with Crippen LogP contribution in [0, 0.1) is 11.8 Å². The highest BCUT2D eigenvalue weighted by molar-refractivity contribution is 5.25. The lowest BCUT2D eigenvalue weighted by molar-refractivity contribution is -0.137. The Hall–Kier alpha value is -1.03. The van der Waals surface area contributed by atoms with Gasteiger partial charge in [-0.15, -0.1) is 0 Å². The molecule has 1 N–H and O–H groups in total. The molecule has 4 heteroatoms. The molecule has 1 saturated carbocycles. The molecule has 0 amide bonds. The second kappa shape index (κ2) is 6.17. The Labute approximate surface area is 118 Å². The van der Waals surface area contributed by atoms with Gasteiger partial charge in [0.25, 0.3) is 0 Å². The van der Waals surface area contributed by atoms with Crippen LogP contribution in [0.15, 0.2) is 24.3 Å². The maximum Gasteiger partial charge on any atom is 0.416 e. The minimum Gasteiger partial charge on any atom is -0.313 e. The van der Waals surface area contributed by atoms with Crippen LogP contribution >= 0.6 is 0 Å². The van der Waals surface area contributed by atoms with E-state index in [1.54, 1.807) is 12.1 Å². The average molecular weight is 285 g/mol. The Morgan fingerprint density at radius 2 is 1.85 bits per heavy atom. The molecule has 1 aliphatic carbocycles. The molecule has 0 saturated heterocycles. The van der Waals surface area contributed by atoms with Gasteiger partial charge < -0.3 is 5.32 Å². The van der Waals surface area contributed by atoms with Crippen molar-refractivity contribution >= 4 is 0 Å². The maximum atomic E-state index is 12.5. The van der Waals surface area contributed by atoms with Gasteiger partial charge >= 0.3 is 6.18 Å². The second-order valence-corrected chi connectivity index (χ2v) is 5.84. The van der Waals surface area contributed by atoms with E-state index in [4.69, 9.17) is 0 Å². The summed E-state index contributed by atoms with van der Waals surface area (Å²) in [6.45, 7) is 5.32. The van der Waals surface area contributed by atoms with Gasteiger partial charge in [0.05, 0.1) is 5.56 Å². The zero-order valence-corrected chi connectivity index (χ0v) is 12.0. The van der Waals surface area contributed by atoms with Gasteiger partial charge in [0.1, 0.15) is 0 Å². The molecule has 1 aromatic carbocycles. The van der Waals surface area contributed by atoms with Crippen LogP contribution in [0.25, 0.3) is 0 Å². The van der Waals surface area contributed by atoms with Crippen molar-refractivity contribution < 1.29 is 13.2 Å². The molecule has 0 bridgehead atoms. The van der Waals surface area contributed by atoms with Gasteiger partial charge in [-0.25, -0.2) is 0 Å². The Morgan fingerprint density at radius 1 is 1.25 bits per heavy atom. The summed E-state index contributed by atoms with van der Waals surface area (Å²) >= 11 is 0. The van der Waals surface area contributed by atoms with Crippen LogP contribution in [0.2, 0.25) is 0 Å². The van der Waals surface area contributed by atoms with Crippen LogP contribution in [0.3, 0.4) is 0 Å². The minimum absolute atomic E-state index is 0.390. The first kappa shape index (κ1) is 15.4. The molecule has 3 unspecified atom stereocenters. The quantitative estimate of drug-likeness (QED) is 0.823. The number of benzene rings is 1. The topological polar surface area (TPSA) is 12.0 Å². The van der Waals surface area contributed by atoms with Gasteiger partial charge in [-0.3, -0.25) is 0 Å². The number of hydrogen-bond donors (Lipinski definition) is 1. The van der Waals surface area contributed by atoms with Crippen LogP contribution in [0.1, 0.15) is 37.8 Å². The number of halogens is 3. The molecule has 1 aliphatic rings. The van der Waals surface area contributed by atoms with Crippen LogP contribution in [-0.4, -0.2) is 12.6 Å². The molecule has 1 aromatic rings. The van der Waals surface area contributed by atoms with Crippen LogP contribution in [0.5, 0.6) is 0 Å². The third kappa shape index (κ3) is 3.98. The van der Waals surface area contributed by atoms with Crippen molar-refractivity contribution in [2.75, 3.05) is 6.54 Å². The smallest absolute Gasteiger partial charge is 0.313 e. The van der Waals surface area contributed by atoms with Gasteiger partial charge in [-0.05, 0) is 55.3 Å². The van der Waals surface area contributed by atoms with Gasteiger partial charge in [0.15, 0.2) is 0 Å². The fraction of sp³-hybridized carbons (Fsp3) is 0.625. The van der Waals surface area contributed by atoms with Crippen molar-refractivity contribution in [3.05, 3.63) is 35.4 Å². The Kier molecular flexibility index (Phi) is 4.74. The summed E-state index contributed by atoms with van der Waals surface area (Å²) in [5, 5.41) is 3.53. The highest BCUT2D eigenvalue weighted by Gasteiger charge is 2.39. The summed E-state index contributed by atoms with van der Waals surface area (Å²) in [6, 6.07) is 5.97. The number of hydrogen-bond acceptors (Lipinski definition) is 1. The van der Waals surface area contributed by atoms with E-state index in [-0.39, 0.29) is 0 Å². The normalized spacial score (nSPS) is 23.6. The predicted octanol–water partition coefficient (Wildman–Crippen LogP) is 4.27. The first-order valence-corrected chi connectivity index (χ1v) is 7.31. The monoisotopic (exact) mass is 285 g/mol. The highest BCUT2D eigenvalue weighted by atomic mass is 19.4. The number of alkyl halides is 3. The number of rotatable bonds is 6. The first-order valence-electron chi connectivity index (χ1n) is 7.31. The lowest BCUT2D eigenvalue weighted by Crippen LogP contribution is -2.34. The van der Waals surface area contributed by atoms with Crippen LogP contribution in [0.4, 0.5) is 13.2 Å². The Morgan fingerprint density at radius 3 is 2.30 bits per heavy atom. The summed E-state index contributed by atoms with van der Waals surface area (Å²) in [4.78, 5) is 0. The molecule has 0 aliphatic heterocycles. The van der Waals surface area contributed by atoms with Gasteiger partial charge in [-0.2, -0.15) is 13.2 Å². The summed E-state index contributed by atoms with van der Waals surface area (Å²) in [7, 11) is 0. The summed E-state index contributed by atoms with van der Waals surface area (Å²) < 4.78 is 37.6. The zero-order chi connectivity index (χ0) is 14.8. The molecule has 0 heterocycles. The van der Waals surface area contributed by atoms with Crippen molar-refractivity contribution in [3.63, 3.8) is 0 Å². The third-order valence-electron chi connectivity index (χ3n) is 4.08. The van der Waals surface area contributed by atoms with E-state index in [0.717, 1.165) is 30.9 Å². The van der Waals surface area contributed by atoms with Crippen molar-refractivity contribution in [1.82, 2.24) is 5.32 Å². The lowest BCUT2D eigenvalue weighted by atomic mass is 9.99. The molecular weight excluding hydrogens is 263 g/mol. The predicted molar refractivity (Wildman–Crippen MR) is 74.5 cm³/mol. The highest BCUT2D eigenvalue weighted by Crippen LogP contribution is 2.41. The van der Waals surface area contributed by atoms with Gasteiger partial charge in [0, 0.05) is 6.04 Å². The van der Waals surface area contributed by atoms with Crippen molar-refractivity contribution in [2.45, 2.75) is 45.3 Å². The standard InChI is InChI=1S/C16H22F3N/c1-3-8-20-15(14-9-11(14)2)10-12-4-6-13(7-5-12)16(17,18)19/h4-7,11,14-15,20H,3,8-10H2,1-2H3. The van der Waals surface area contributed by atoms with E-state index in [0.29, 0.717) is 12.0 Å². The molecule has 0 aromatic heterocycles. The maximum absolute atomic E-state index is 12.5. The van der Waals surface area contributed by atoms with E-state index in [1.807, 2.05) is 0 Å². The average Bonchev–Trinajstić information content (AvgIpc) is 3.11.